The van der Waals surface area contributed by atoms with Gasteiger partial charge in [0.1, 0.15) is 0 Å². The SMILES string of the molecule is CC(=O)N1C[C@H]2CCN(C(=O)c3ccc(C)nc3)CC[C@H]2C1. The molecule has 0 radical (unpaired) electrons. The lowest BCUT2D eigenvalue weighted by molar-refractivity contribution is -0.128. The zero-order chi connectivity index (χ0) is 15.7. The van der Waals surface area contributed by atoms with E-state index >= 15 is 0 Å². The van der Waals surface area contributed by atoms with Gasteiger partial charge < -0.3 is 9.80 Å². The summed E-state index contributed by atoms with van der Waals surface area (Å²) in [5.74, 6) is 1.33. The van der Waals surface area contributed by atoms with Crippen molar-refractivity contribution in [1.29, 1.82) is 0 Å². The van der Waals surface area contributed by atoms with Crippen LogP contribution in [0.15, 0.2) is 18.3 Å². The second-order valence-electron chi connectivity index (χ2n) is 6.50. The Kier molecular flexibility index (Phi) is 4.14. The van der Waals surface area contributed by atoms with Crippen molar-refractivity contribution in [1.82, 2.24) is 14.8 Å². The van der Waals surface area contributed by atoms with E-state index in [4.69, 9.17) is 0 Å². The Morgan fingerprint density at radius 2 is 1.73 bits per heavy atom. The molecule has 2 fully saturated rings. The predicted octanol–water partition coefficient (Wildman–Crippen LogP) is 1.72. The summed E-state index contributed by atoms with van der Waals surface area (Å²) < 4.78 is 0. The molecule has 5 nitrogen and oxygen atoms in total. The zero-order valence-corrected chi connectivity index (χ0v) is 13.3. The van der Waals surface area contributed by atoms with Crippen molar-refractivity contribution in [2.24, 2.45) is 11.8 Å². The van der Waals surface area contributed by atoms with E-state index < -0.39 is 0 Å². The molecule has 2 aliphatic rings. The third kappa shape index (κ3) is 2.98. The molecule has 2 saturated heterocycles. The summed E-state index contributed by atoms with van der Waals surface area (Å²) in [5, 5.41) is 0. The minimum Gasteiger partial charge on any atom is -0.342 e. The van der Waals surface area contributed by atoms with Crippen LogP contribution in [0.2, 0.25) is 0 Å². The number of likely N-dealkylation sites (tertiary alicyclic amines) is 2. The number of pyridine rings is 1. The van der Waals surface area contributed by atoms with Crippen molar-refractivity contribution in [2.45, 2.75) is 26.7 Å². The molecule has 0 bridgehead atoms. The van der Waals surface area contributed by atoms with Crippen molar-refractivity contribution in [3.05, 3.63) is 29.6 Å². The van der Waals surface area contributed by atoms with Crippen molar-refractivity contribution >= 4 is 11.8 Å². The highest BCUT2D eigenvalue weighted by Gasteiger charge is 2.36. The lowest BCUT2D eigenvalue weighted by Crippen LogP contribution is -2.33. The molecule has 1 aromatic rings. The Hall–Kier alpha value is -1.91. The third-order valence-corrected chi connectivity index (χ3v) is 5.01. The highest BCUT2D eigenvalue weighted by atomic mass is 16.2. The van der Waals surface area contributed by atoms with Crippen LogP contribution in [-0.4, -0.2) is 52.8 Å². The summed E-state index contributed by atoms with van der Waals surface area (Å²) in [6.45, 7) is 6.83. The van der Waals surface area contributed by atoms with Gasteiger partial charge in [-0.25, -0.2) is 0 Å². The highest BCUT2D eigenvalue weighted by molar-refractivity contribution is 5.93. The predicted molar refractivity (Wildman–Crippen MR) is 83.3 cm³/mol. The molecule has 5 heteroatoms. The molecule has 3 rings (SSSR count). The molecule has 0 aromatic carbocycles. The van der Waals surface area contributed by atoms with Crippen LogP contribution in [0.5, 0.6) is 0 Å². The molecular weight excluding hydrogens is 278 g/mol. The lowest BCUT2D eigenvalue weighted by Gasteiger charge is -2.22. The number of nitrogens with zero attached hydrogens (tertiary/aromatic N) is 3. The van der Waals surface area contributed by atoms with Gasteiger partial charge in [0, 0.05) is 45.0 Å². The number of carbonyl (C=O) groups is 2. The standard InChI is InChI=1S/C17H23N3O2/c1-12-3-4-14(9-18-12)17(22)19-7-5-15-10-20(13(2)21)11-16(15)6-8-19/h3-4,9,15-16H,5-8,10-11H2,1-2H3/t15-,16+. The van der Waals surface area contributed by atoms with Crippen LogP contribution in [0.1, 0.15) is 35.8 Å². The zero-order valence-electron chi connectivity index (χ0n) is 13.3. The van der Waals surface area contributed by atoms with Gasteiger partial charge in [0.15, 0.2) is 0 Å². The summed E-state index contributed by atoms with van der Waals surface area (Å²) in [4.78, 5) is 32.2. The molecule has 118 valence electrons. The van der Waals surface area contributed by atoms with Gasteiger partial charge in [-0.2, -0.15) is 0 Å². The number of aryl methyl sites for hydroxylation is 1. The number of hydrogen-bond donors (Lipinski definition) is 0. The maximum atomic E-state index is 12.6. The topological polar surface area (TPSA) is 53.5 Å². The third-order valence-electron chi connectivity index (χ3n) is 5.01. The van der Waals surface area contributed by atoms with Gasteiger partial charge >= 0.3 is 0 Å². The highest BCUT2D eigenvalue weighted by Crippen LogP contribution is 2.32. The van der Waals surface area contributed by atoms with E-state index in [9.17, 15) is 9.59 Å². The van der Waals surface area contributed by atoms with Gasteiger partial charge in [-0.1, -0.05) is 0 Å². The van der Waals surface area contributed by atoms with Gasteiger partial charge in [0.05, 0.1) is 5.56 Å². The summed E-state index contributed by atoms with van der Waals surface area (Å²) in [6, 6.07) is 3.73. The fourth-order valence-electron chi connectivity index (χ4n) is 3.59. The molecule has 0 unspecified atom stereocenters. The van der Waals surface area contributed by atoms with Crippen LogP contribution in [0.25, 0.3) is 0 Å². The molecule has 0 aliphatic carbocycles. The number of rotatable bonds is 1. The first-order chi connectivity index (χ1) is 10.5. The first kappa shape index (κ1) is 15.0. The van der Waals surface area contributed by atoms with Crippen LogP contribution in [0.3, 0.4) is 0 Å². The second-order valence-corrected chi connectivity index (χ2v) is 6.50. The summed E-state index contributed by atoms with van der Waals surface area (Å²) in [5.41, 5.74) is 1.59. The molecule has 2 amide bonds. The van der Waals surface area contributed by atoms with Crippen molar-refractivity contribution in [3.63, 3.8) is 0 Å². The van der Waals surface area contributed by atoms with Gasteiger partial charge in [0.2, 0.25) is 5.91 Å². The summed E-state index contributed by atoms with van der Waals surface area (Å²) in [6.07, 6.45) is 3.64. The largest absolute Gasteiger partial charge is 0.342 e. The Morgan fingerprint density at radius 1 is 1.09 bits per heavy atom. The van der Waals surface area contributed by atoms with E-state index in [-0.39, 0.29) is 11.8 Å². The van der Waals surface area contributed by atoms with Crippen molar-refractivity contribution in [2.75, 3.05) is 26.2 Å². The van der Waals surface area contributed by atoms with E-state index in [0.29, 0.717) is 17.4 Å². The Bertz CT molecular complexity index is 554. The number of aromatic nitrogens is 1. The minimum atomic E-state index is 0.0795. The molecule has 0 N–H and O–H groups in total. The maximum Gasteiger partial charge on any atom is 0.255 e. The smallest absolute Gasteiger partial charge is 0.255 e. The number of carbonyl (C=O) groups excluding carboxylic acids is 2. The lowest BCUT2D eigenvalue weighted by atomic mass is 9.92. The molecular formula is C17H23N3O2. The van der Waals surface area contributed by atoms with Crippen LogP contribution >= 0.6 is 0 Å². The molecule has 22 heavy (non-hydrogen) atoms. The van der Waals surface area contributed by atoms with Crippen LogP contribution in [-0.2, 0) is 4.79 Å². The van der Waals surface area contributed by atoms with Crippen LogP contribution in [0.4, 0.5) is 0 Å². The van der Waals surface area contributed by atoms with Crippen LogP contribution in [0, 0.1) is 18.8 Å². The number of amides is 2. The maximum absolute atomic E-state index is 12.6. The van der Waals surface area contributed by atoms with Crippen molar-refractivity contribution in [3.8, 4) is 0 Å². The molecule has 1 aromatic heterocycles. The monoisotopic (exact) mass is 301 g/mol. The fraction of sp³-hybridized carbons (Fsp3) is 0.588. The van der Waals surface area contributed by atoms with E-state index in [1.54, 1.807) is 13.1 Å². The molecule has 0 saturated carbocycles. The summed E-state index contributed by atoms with van der Waals surface area (Å²) in [7, 11) is 0. The first-order valence-electron chi connectivity index (χ1n) is 8.02. The minimum absolute atomic E-state index is 0.0795. The van der Waals surface area contributed by atoms with Gasteiger partial charge in [0.25, 0.3) is 5.91 Å². The quantitative estimate of drug-likeness (QED) is 0.793. The number of fused-ring (bicyclic) bond motifs is 1. The Balaban J connectivity index is 1.64. The molecule has 2 atom stereocenters. The van der Waals surface area contributed by atoms with E-state index in [1.165, 1.54) is 0 Å². The average molecular weight is 301 g/mol. The summed E-state index contributed by atoms with van der Waals surface area (Å²) >= 11 is 0. The molecule has 3 heterocycles. The molecule has 2 aliphatic heterocycles. The number of hydrogen-bond acceptors (Lipinski definition) is 3. The van der Waals surface area contributed by atoms with Gasteiger partial charge in [-0.15, -0.1) is 0 Å². The van der Waals surface area contributed by atoms with Gasteiger partial charge in [-0.05, 0) is 43.7 Å². The average Bonchev–Trinajstić information content (AvgIpc) is 2.81. The first-order valence-corrected chi connectivity index (χ1v) is 8.02. The van der Waals surface area contributed by atoms with E-state index in [1.807, 2.05) is 28.9 Å². The Morgan fingerprint density at radius 3 is 2.23 bits per heavy atom. The molecule has 0 spiro atoms. The normalized spacial score (nSPS) is 24.8. The van der Waals surface area contributed by atoms with Gasteiger partial charge in [-0.3, -0.25) is 14.6 Å². The van der Waals surface area contributed by atoms with Crippen LogP contribution < -0.4 is 0 Å². The Labute approximate surface area is 131 Å². The second kappa shape index (κ2) is 6.07. The van der Waals surface area contributed by atoms with Crippen molar-refractivity contribution < 1.29 is 9.59 Å². The van der Waals surface area contributed by atoms with E-state index in [0.717, 1.165) is 44.7 Å². The van der Waals surface area contributed by atoms with E-state index in [2.05, 4.69) is 4.98 Å². The fourth-order valence-corrected chi connectivity index (χ4v) is 3.59.